The van der Waals surface area contributed by atoms with Crippen LogP contribution in [0.5, 0.6) is 0 Å². The molecule has 1 aliphatic carbocycles. The first-order valence-corrected chi connectivity index (χ1v) is 13.9. The molecule has 2 unspecified atom stereocenters. The van der Waals surface area contributed by atoms with Gasteiger partial charge in [0, 0.05) is 25.3 Å². The molecule has 2 fully saturated rings. The molecule has 4 amide bonds. The van der Waals surface area contributed by atoms with Crippen molar-refractivity contribution < 1.29 is 24.0 Å². The van der Waals surface area contributed by atoms with Crippen molar-refractivity contribution in [3.63, 3.8) is 0 Å². The minimum absolute atomic E-state index is 0.0803. The van der Waals surface area contributed by atoms with Gasteiger partial charge in [-0.2, -0.15) is 0 Å². The zero-order valence-corrected chi connectivity index (χ0v) is 22.4. The van der Waals surface area contributed by atoms with Crippen LogP contribution in [0.15, 0.2) is 4.67 Å². The Labute approximate surface area is 214 Å². The van der Waals surface area contributed by atoms with Gasteiger partial charge < -0.3 is 5.32 Å². The summed E-state index contributed by atoms with van der Waals surface area (Å²) in [5.74, 6) is -0.283. The molecule has 35 heavy (non-hydrogen) atoms. The van der Waals surface area contributed by atoms with Gasteiger partial charge in [0.05, 0.1) is 5.25 Å². The minimum atomic E-state index is -0.341. The number of amides is 4. The summed E-state index contributed by atoms with van der Waals surface area (Å²) in [6, 6.07) is 0. The summed E-state index contributed by atoms with van der Waals surface area (Å²) >= 11 is 1.41. The van der Waals surface area contributed by atoms with Crippen LogP contribution in [0.2, 0.25) is 0 Å². The van der Waals surface area contributed by atoms with Crippen molar-refractivity contribution in [3.8, 4) is 0 Å². The predicted octanol–water partition coefficient (Wildman–Crippen LogP) is 0.828. The molecule has 10 nitrogen and oxygen atoms in total. The van der Waals surface area contributed by atoms with Crippen molar-refractivity contribution in [1.82, 2.24) is 20.8 Å². The average molecular weight is 525 g/mol. The van der Waals surface area contributed by atoms with Crippen molar-refractivity contribution in [2.45, 2.75) is 63.5 Å². The van der Waals surface area contributed by atoms with E-state index in [2.05, 4.69) is 29.9 Å². The van der Waals surface area contributed by atoms with E-state index in [9.17, 15) is 24.0 Å². The smallest absolute Gasteiger partial charge is 0.242 e. The van der Waals surface area contributed by atoms with Crippen LogP contribution in [0, 0.1) is 11.8 Å². The van der Waals surface area contributed by atoms with Gasteiger partial charge in [-0.3, -0.25) is 19.3 Å². The fourth-order valence-electron chi connectivity index (χ4n) is 4.53. The third-order valence-electron chi connectivity index (χ3n) is 6.37. The first-order chi connectivity index (χ1) is 16.9. The fraction of sp³-hybridized carbons (Fsp3) is 0.773. The van der Waals surface area contributed by atoms with Gasteiger partial charge in [-0.05, 0) is 6.92 Å². The average Bonchev–Trinajstić information content (AvgIpc) is 3.14. The largest absolute Gasteiger partial charge is 0.273 e. The van der Waals surface area contributed by atoms with E-state index < -0.39 is 0 Å². The van der Waals surface area contributed by atoms with Crippen LogP contribution in [0.4, 0.5) is 0 Å². The molecule has 4 atom stereocenters. The molecule has 0 bridgehead atoms. The summed E-state index contributed by atoms with van der Waals surface area (Å²) in [6.45, 7) is 3.77. The maximum atomic E-state index is 12.7. The van der Waals surface area contributed by atoms with E-state index in [1.807, 2.05) is 0 Å². The van der Waals surface area contributed by atoms with Gasteiger partial charge in [0.25, 0.3) is 0 Å². The third-order valence-corrected chi connectivity index (χ3v) is 7.72. The summed E-state index contributed by atoms with van der Waals surface area (Å²) < 4.78 is 3.69. The summed E-state index contributed by atoms with van der Waals surface area (Å²) in [5, 5.41) is 8.31. The van der Waals surface area contributed by atoms with Crippen LogP contribution in [-0.4, -0.2) is 78.7 Å². The molecule has 2 rings (SSSR count). The third kappa shape index (κ3) is 9.73. The topological polar surface area (TPSA) is 137 Å². The second-order valence-corrected chi connectivity index (χ2v) is 10.4. The van der Waals surface area contributed by atoms with Gasteiger partial charge in [-0.1, -0.05) is 0 Å². The van der Waals surface area contributed by atoms with Gasteiger partial charge in [-0.15, -0.1) is 11.8 Å². The van der Waals surface area contributed by atoms with Crippen LogP contribution in [0.1, 0.15) is 58.3 Å². The Morgan fingerprint density at radius 3 is 2.54 bits per heavy atom. The first-order valence-electron chi connectivity index (χ1n) is 12.4. The molecule has 1 heterocycles. The Balaban J connectivity index is 1.53. The van der Waals surface area contributed by atoms with Crippen molar-refractivity contribution in [2.75, 3.05) is 31.9 Å². The Bertz CT molecular complexity index is 802. The van der Waals surface area contributed by atoms with Crippen LogP contribution < -0.4 is 15.9 Å². The number of hydrogen-bond acceptors (Lipinski definition) is 8. The fourth-order valence-corrected chi connectivity index (χ4v) is 5.64. The summed E-state index contributed by atoms with van der Waals surface area (Å²) in [5.41, 5.74) is 0. The molecule has 0 aromatic carbocycles. The minimum Gasteiger partial charge on any atom is -0.273 e. The Hall–Kier alpha value is -1.65. The zero-order chi connectivity index (χ0) is 25.6. The number of nitrogens with one attached hydrogen (secondary N) is 3. The predicted molar refractivity (Wildman–Crippen MR) is 139 cm³/mol. The Morgan fingerprint density at radius 2 is 1.86 bits per heavy atom. The van der Waals surface area contributed by atoms with E-state index in [4.69, 9.17) is 0 Å². The molecule has 194 valence electrons. The van der Waals surface area contributed by atoms with E-state index in [1.54, 1.807) is 6.92 Å². The number of carbonyl (C=O) groups excluding carboxylic acids is 5. The van der Waals surface area contributed by atoms with Crippen molar-refractivity contribution >= 4 is 57.8 Å². The summed E-state index contributed by atoms with van der Waals surface area (Å²) in [6.07, 6.45) is 5.05. The van der Waals surface area contributed by atoms with E-state index >= 15 is 0 Å². The van der Waals surface area contributed by atoms with Crippen LogP contribution in [-0.2, 0) is 24.0 Å². The maximum absolute atomic E-state index is 12.7. The van der Waals surface area contributed by atoms with Gasteiger partial charge in [0.2, 0.25) is 11.8 Å². The van der Waals surface area contributed by atoms with Crippen LogP contribution >= 0.6 is 21.2 Å². The second-order valence-electron chi connectivity index (χ2n) is 8.74. The summed E-state index contributed by atoms with van der Waals surface area (Å²) in [7, 11) is 3.49. The van der Waals surface area contributed by atoms with Gasteiger partial charge in [0.15, 0.2) is 0 Å². The van der Waals surface area contributed by atoms with Crippen molar-refractivity contribution in [2.24, 2.45) is 16.5 Å². The number of carbonyl (C=O) groups is 5. The number of rotatable bonds is 15. The number of likely N-dealkylation sites (tertiary alicyclic amines) is 1. The number of imide groups is 1. The molecule has 1 saturated heterocycles. The Morgan fingerprint density at radius 1 is 1.11 bits per heavy atom. The number of hydrogen-bond donors (Lipinski definition) is 3. The molecule has 1 saturated carbocycles. The van der Waals surface area contributed by atoms with Gasteiger partial charge in [0.1, 0.15) is 0 Å². The zero-order valence-electron chi connectivity index (χ0n) is 20.4. The molecule has 3 N–H and O–H groups in total. The van der Waals surface area contributed by atoms with Crippen molar-refractivity contribution in [1.29, 1.82) is 0 Å². The first kappa shape index (κ1) is 29.6. The molecule has 0 radical (unpaired) electrons. The molecule has 0 aromatic heterocycles. The molecule has 1 aliphatic heterocycles. The summed E-state index contributed by atoms with van der Waals surface area (Å²) in [4.78, 5) is 62.1. The van der Waals surface area contributed by atoms with E-state index in [0.29, 0.717) is 51.2 Å². The van der Waals surface area contributed by atoms with E-state index in [0.717, 1.165) is 25.7 Å². The van der Waals surface area contributed by atoms with Crippen LogP contribution in [0.25, 0.3) is 0 Å². The molecule has 0 aromatic rings. The second kappa shape index (κ2) is 16.2. The SMILES string of the molecule is CCN1C(=O)CC(SCCNC(=O)CCNCCCC(=O)[C@H]2CCCC[C@H]2C(=O)NB=NP)C1=O. The molecular formula is C22H37BN5O5PS. The number of ketones is 1. The molecule has 2 aliphatic rings. The standard InChI is InChI=1S/C22H37BN5O5PS/c1-2-28-20(31)14-18(22(28)33)35-13-12-25-19(30)9-11-24-10-5-8-17(29)15-6-3-4-7-16(15)21(32)26-23-27-34/h15-16,18,24H,2-14,34H2,1H3,(H,25,30)(H,26,32)/t15-,16+,18?/m0/s1. The van der Waals surface area contributed by atoms with E-state index in [1.165, 1.54) is 23.9 Å². The van der Waals surface area contributed by atoms with Crippen LogP contribution in [0.3, 0.4) is 0 Å². The van der Waals surface area contributed by atoms with Gasteiger partial charge >= 0.3 is 129 Å². The molecule has 13 heteroatoms. The number of thioether (sulfide) groups is 1. The van der Waals surface area contributed by atoms with Crippen molar-refractivity contribution in [3.05, 3.63) is 0 Å². The molecular weight excluding hydrogens is 488 g/mol. The van der Waals surface area contributed by atoms with Gasteiger partial charge in [-0.25, -0.2) is 0 Å². The monoisotopic (exact) mass is 525 g/mol. The number of nitrogens with zero attached hydrogens (tertiary/aromatic N) is 2. The Kier molecular flexibility index (Phi) is 13.7. The maximum Gasteiger partial charge on any atom is 0.242 e. The normalized spacial score (nSPS) is 22.3. The number of Topliss-reactive ketones (excluding diaryl/α,β-unsaturated/α-hetero) is 1. The quantitative estimate of drug-likeness (QED) is 0.125. The molecule has 0 spiro atoms. The van der Waals surface area contributed by atoms with E-state index in [-0.39, 0.29) is 52.9 Å².